The molecule has 0 aromatic heterocycles. The molecule has 0 bridgehead atoms. The van der Waals surface area contributed by atoms with E-state index in [-0.39, 0.29) is 0 Å². The number of rotatable bonds is 2. The van der Waals surface area contributed by atoms with Crippen LogP contribution in [-0.2, 0) is 0 Å². The van der Waals surface area contributed by atoms with E-state index < -0.39 is 0 Å². The number of nitrogens with zero attached hydrogens (tertiary/aromatic N) is 2. The van der Waals surface area contributed by atoms with E-state index in [0.29, 0.717) is 5.54 Å². The van der Waals surface area contributed by atoms with Gasteiger partial charge in [-0.05, 0) is 64.3 Å². The minimum Gasteiger partial charge on any atom is -0.377 e. The first kappa shape index (κ1) is 14.4. The van der Waals surface area contributed by atoms with Crippen molar-refractivity contribution in [3.8, 4) is 0 Å². The van der Waals surface area contributed by atoms with E-state index in [2.05, 4.69) is 68.9 Å². The molecule has 0 unspecified atom stereocenters. The van der Waals surface area contributed by atoms with Crippen molar-refractivity contribution in [2.24, 2.45) is 0 Å². The SMILES string of the molecule is CN(C)c1ccccc1C1CCN(C(C)(C)C)CC1. The summed E-state index contributed by atoms with van der Waals surface area (Å²) < 4.78 is 0. The average molecular weight is 260 g/mol. The fourth-order valence-electron chi connectivity index (χ4n) is 3.10. The molecule has 0 spiro atoms. The molecule has 1 aliphatic heterocycles. The van der Waals surface area contributed by atoms with E-state index >= 15 is 0 Å². The predicted octanol–water partition coefficient (Wildman–Crippen LogP) is 3.73. The zero-order valence-electron chi connectivity index (χ0n) is 13.1. The zero-order chi connectivity index (χ0) is 14.0. The number of hydrogen-bond donors (Lipinski definition) is 0. The fraction of sp³-hybridized carbons (Fsp3) is 0.647. The fourth-order valence-corrected chi connectivity index (χ4v) is 3.10. The third-order valence-electron chi connectivity index (χ3n) is 4.30. The van der Waals surface area contributed by atoms with Crippen molar-refractivity contribution in [1.82, 2.24) is 4.90 Å². The first-order chi connectivity index (χ1) is 8.89. The first-order valence-corrected chi connectivity index (χ1v) is 7.41. The molecule has 1 aliphatic rings. The minimum atomic E-state index is 0.312. The lowest BCUT2D eigenvalue weighted by molar-refractivity contribution is 0.102. The Morgan fingerprint density at radius 3 is 2.16 bits per heavy atom. The number of benzene rings is 1. The Kier molecular flexibility index (Phi) is 4.19. The molecule has 1 fully saturated rings. The van der Waals surface area contributed by atoms with Crippen molar-refractivity contribution in [1.29, 1.82) is 0 Å². The molecule has 2 nitrogen and oxygen atoms in total. The molecule has 1 aromatic carbocycles. The van der Waals surface area contributed by atoms with Gasteiger partial charge in [0.05, 0.1) is 0 Å². The van der Waals surface area contributed by atoms with Crippen LogP contribution in [0.4, 0.5) is 5.69 Å². The number of piperidine rings is 1. The van der Waals surface area contributed by atoms with Crippen molar-refractivity contribution in [3.05, 3.63) is 29.8 Å². The highest BCUT2D eigenvalue weighted by Gasteiger charge is 2.28. The largest absolute Gasteiger partial charge is 0.377 e. The molecule has 19 heavy (non-hydrogen) atoms. The van der Waals surface area contributed by atoms with Crippen LogP contribution < -0.4 is 4.90 Å². The van der Waals surface area contributed by atoms with Crippen LogP contribution in [-0.4, -0.2) is 37.6 Å². The predicted molar refractivity (Wildman–Crippen MR) is 84.1 cm³/mol. The minimum absolute atomic E-state index is 0.312. The molecular weight excluding hydrogens is 232 g/mol. The van der Waals surface area contributed by atoms with Crippen LogP contribution in [0.25, 0.3) is 0 Å². The highest BCUT2D eigenvalue weighted by Crippen LogP contribution is 2.35. The van der Waals surface area contributed by atoms with Crippen molar-refractivity contribution >= 4 is 5.69 Å². The lowest BCUT2D eigenvalue weighted by Gasteiger charge is -2.41. The smallest absolute Gasteiger partial charge is 0.0396 e. The number of likely N-dealkylation sites (tertiary alicyclic amines) is 1. The van der Waals surface area contributed by atoms with Gasteiger partial charge in [-0.1, -0.05) is 18.2 Å². The van der Waals surface area contributed by atoms with E-state index in [1.54, 1.807) is 0 Å². The van der Waals surface area contributed by atoms with Crippen molar-refractivity contribution in [2.75, 3.05) is 32.1 Å². The van der Waals surface area contributed by atoms with Gasteiger partial charge in [-0.2, -0.15) is 0 Å². The molecule has 106 valence electrons. The van der Waals surface area contributed by atoms with Gasteiger partial charge in [0.1, 0.15) is 0 Å². The lowest BCUT2D eigenvalue weighted by Crippen LogP contribution is -2.45. The molecule has 0 amide bonds. The highest BCUT2D eigenvalue weighted by molar-refractivity contribution is 5.54. The standard InChI is InChI=1S/C17H28N2/c1-17(2,3)19-12-10-14(11-13-19)15-8-6-7-9-16(15)18(4)5/h6-9,14H,10-13H2,1-5H3. The van der Waals surface area contributed by atoms with Gasteiger partial charge in [0.15, 0.2) is 0 Å². The molecule has 0 aliphatic carbocycles. The van der Waals surface area contributed by atoms with Crippen LogP contribution in [0.3, 0.4) is 0 Å². The molecule has 0 atom stereocenters. The summed E-state index contributed by atoms with van der Waals surface area (Å²) in [6.45, 7) is 9.40. The van der Waals surface area contributed by atoms with Gasteiger partial charge < -0.3 is 4.90 Å². The Balaban J connectivity index is 2.10. The van der Waals surface area contributed by atoms with Crippen LogP contribution in [0.1, 0.15) is 45.1 Å². The van der Waals surface area contributed by atoms with Gasteiger partial charge in [-0.25, -0.2) is 0 Å². The number of para-hydroxylation sites is 1. The summed E-state index contributed by atoms with van der Waals surface area (Å²) in [6.07, 6.45) is 2.56. The molecule has 2 heteroatoms. The molecule has 1 heterocycles. The molecule has 0 N–H and O–H groups in total. The van der Waals surface area contributed by atoms with Gasteiger partial charge in [-0.3, -0.25) is 4.90 Å². The monoisotopic (exact) mass is 260 g/mol. The second kappa shape index (κ2) is 5.54. The van der Waals surface area contributed by atoms with Crippen LogP contribution in [0.15, 0.2) is 24.3 Å². The van der Waals surface area contributed by atoms with Gasteiger partial charge in [0.25, 0.3) is 0 Å². The van der Waals surface area contributed by atoms with E-state index in [9.17, 15) is 0 Å². The van der Waals surface area contributed by atoms with Crippen molar-refractivity contribution < 1.29 is 0 Å². The van der Waals surface area contributed by atoms with Gasteiger partial charge in [-0.15, -0.1) is 0 Å². The Morgan fingerprint density at radius 2 is 1.63 bits per heavy atom. The quantitative estimate of drug-likeness (QED) is 0.799. The summed E-state index contributed by atoms with van der Waals surface area (Å²) >= 11 is 0. The van der Waals surface area contributed by atoms with E-state index in [4.69, 9.17) is 0 Å². The molecule has 0 radical (unpaired) electrons. The Bertz CT molecular complexity index is 410. The topological polar surface area (TPSA) is 6.48 Å². The maximum Gasteiger partial charge on any atom is 0.0396 e. The molecule has 0 saturated carbocycles. The Hall–Kier alpha value is -1.02. The van der Waals surface area contributed by atoms with Gasteiger partial charge in [0, 0.05) is 25.3 Å². The number of hydrogen-bond acceptors (Lipinski definition) is 2. The Morgan fingerprint density at radius 1 is 1.05 bits per heavy atom. The third-order valence-corrected chi connectivity index (χ3v) is 4.30. The summed E-state index contributed by atoms with van der Waals surface area (Å²) in [5.74, 6) is 0.720. The Labute approximate surface area is 118 Å². The van der Waals surface area contributed by atoms with E-state index in [1.165, 1.54) is 37.2 Å². The maximum atomic E-state index is 2.61. The normalized spacial score (nSPS) is 18.6. The highest BCUT2D eigenvalue weighted by atomic mass is 15.2. The molecular formula is C17H28N2. The lowest BCUT2D eigenvalue weighted by atomic mass is 9.86. The molecule has 1 saturated heterocycles. The van der Waals surface area contributed by atoms with Crippen molar-refractivity contribution in [2.45, 2.75) is 45.1 Å². The van der Waals surface area contributed by atoms with Crippen LogP contribution in [0, 0.1) is 0 Å². The maximum absolute atomic E-state index is 2.61. The molecule has 1 aromatic rings. The van der Waals surface area contributed by atoms with Gasteiger partial charge in [0.2, 0.25) is 0 Å². The second-order valence-electron chi connectivity index (χ2n) is 6.89. The average Bonchev–Trinajstić information content (AvgIpc) is 2.38. The van der Waals surface area contributed by atoms with Crippen molar-refractivity contribution in [3.63, 3.8) is 0 Å². The van der Waals surface area contributed by atoms with Crippen LogP contribution >= 0.6 is 0 Å². The first-order valence-electron chi connectivity index (χ1n) is 7.41. The van der Waals surface area contributed by atoms with E-state index in [1.807, 2.05) is 0 Å². The summed E-state index contributed by atoms with van der Waals surface area (Å²) in [7, 11) is 4.28. The third kappa shape index (κ3) is 3.30. The summed E-state index contributed by atoms with van der Waals surface area (Å²) in [4.78, 5) is 4.85. The summed E-state index contributed by atoms with van der Waals surface area (Å²) in [6, 6.07) is 8.87. The molecule has 2 rings (SSSR count). The summed E-state index contributed by atoms with van der Waals surface area (Å²) in [5, 5.41) is 0. The zero-order valence-corrected chi connectivity index (χ0v) is 13.1. The number of anilines is 1. The van der Waals surface area contributed by atoms with Crippen LogP contribution in [0.2, 0.25) is 0 Å². The van der Waals surface area contributed by atoms with Crippen LogP contribution in [0.5, 0.6) is 0 Å². The van der Waals surface area contributed by atoms with E-state index in [0.717, 1.165) is 5.92 Å². The second-order valence-corrected chi connectivity index (χ2v) is 6.89. The van der Waals surface area contributed by atoms with Gasteiger partial charge >= 0.3 is 0 Å². The summed E-state index contributed by atoms with van der Waals surface area (Å²) in [5.41, 5.74) is 3.23.